The van der Waals surface area contributed by atoms with Crippen LogP contribution in [0.5, 0.6) is 0 Å². The molecule has 5 nitrogen and oxygen atoms in total. The molecule has 22 heavy (non-hydrogen) atoms. The van der Waals surface area contributed by atoms with Crippen molar-refractivity contribution >= 4 is 32.9 Å². The van der Waals surface area contributed by atoms with E-state index < -0.39 is 15.7 Å². The number of hydrogen-bond acceptors (Lipinski definition) is 4. The largest absolute Gasteiger partial charge is 0.383 e. The molecule has 122 valence electrons. The fourth-order valence-corrected chi connectivity index (χ4v) is 4.49. The van der Waals surface area contributed by atoms with Gasteiger partial charge in [-0.15, -0.1) is 0 Å². The van der Waals surface area contributed by atoms with Gasteiger partial charge in [0.05, 0.1) is 23.8 Å². The summed E-state index contributed by atoms with van der Waals surface area (Å²) < 4.78 is 42.1. The van der Waals surface area contributed by atoms with Gasteiger partial charge >= 0.3 is 0 Å². The molecule has 0 amide bonds. The highest BCUT2D eigenvalue weighted by atomic mass is 32.2. The summed E-state index contributed by atoms with van der Waals surface area (Å²) in [5.41, 5.74) is 0.274. The Kier molecular flexibility index (Phi) is 5.71. The lowest BCUT2D eigenvalue weighted by Gasteiger charge is -2.30. The molecule has 1 N–H and O–H groups in total. The average molecular weight is 346 g/mol. The van der Waals surface area contributed by atoms with Crippen LogP contribution in [0.4, 0.5) is 10.1 Å². The molecule has 0 aromatic heterocycles. The number of halogens is 1. The molecule has 0 radical (unpaired) electrons. The van der Waals surface area contributed by atoms with Crippen LogP contribution >= 0.6 is 12.2 Å². The minimum Gasteiger partial charge on any atom is -0.383 e. The maximum atomic E-state index is 13.7. The van der Waals surface area contributed by atoms with Crippen LogP contribution in [0.25, 0.3) is 0 Å². The molecule has 1 fully saturated rings. The third kappa shape index (κ3) is 4.37. The first-order chi connectivity index (χ1) is 10.4. The topological polar surface area (TPSA) is 58.6 Å². The molecule has 1 aromatic carbocycles. The fraction of sp³-hybridized carbons (Fsp3) is 0.500. The Balaban J connectivity index is 2.11. The number of thiocarbonyl (C=S) groups is 1. The summed E-state index contributed by atoms with van der Waals surface area (Å²) >= 11 is 5.34. The number of hydrogen-bond donors (Lipinski definition) is 1. The van der Waals surface area contributed by atoms with Gasteiger partial charge in [-0.05, 0) is 30.8 Å². The van der Waals surface area contributed by atoms with E-state index in [0.717, 1.165) is 0 Å². The lowest BCUT2D eigenvalue weighted by molar-refractivity contribution is 0.166. The quantitative estimate of drug-likeness (QED) is 0.819. The van der Waals surface area contributed by atoms with Gasteiger partial charge in [-0.3, -0.25) is 0 Å². The first-order valence-electron chi connectivity index (χ1n) is 6.94. The number of methoxy groups -OCH3 is 1. The molecule has 0 aliphatic carbocycles. The van der Waals surface area contributed by atoms with Gasteiger partial charge in [0.15, 0.2) is 14.9 Å². The predicted molar refractivity (Wildman–Crippen MR) is 88.3 cm³/mol. The van der Waals surface area contributed by atoms with Gasteiger partial charge in [0, 0.05) is 19.7 Å². The Bertz CT molecular complexity index is 637. The van der Waals surface area contributed by atoms with Crippen molar-refractivity contribution < 1.29 is 17.5 Å². The molecule has 1 aliphatic rings. The Morgan fingerprint density at radius 3 is 2.82 bits per heavy atom. The SMILES string of the molecule is COCCN(C(=S)Nc1ccccc1F)[C@H]1CCS(=O)(=O)C1. The third-order valence-corrected chi connectivity index (χ3v) is 5.65. The predicted octanol–water partition coefficient (Wildman–Crippen LogP) is 1.66. The Morgan fingerprint density at radius 1 is 1.50 bits per heavy atom. The van der Waals surface area contributed by atoms with E-state index in [1.165, 1.54) is 6.07 Å². The summed E-state index contributed by atoms with van der Waals surface area (Å²) in [5, 5.41) is 3.16. The van der Waals surface area contributed by atoms with Gasteiger partial charge in [0.25, 0.3) is 0 Å². The lowest BCUT2D eigenvalue weighted by atomic mass is 10.2. The van der Waals surface area contributed by atoms with Crippen molar-refractivity contribution in [2.75, 3.05) is 37.1 Å². The second kappa shape index (κ2) is 7.34. The van der Waals surface area contributed by atoms with Crippen molar-refractivity contribution in [3.05, 3.63) is 30.1 Å². The van der Waals surface area contributed by atoms with Crippen molar-refractivity contribution in [2.24, 2.45) is 0 Å². The van der Waals surface area contributed by atoms with Crippen LogP contribution in [-0.4, -0.2) is 56.2 Å². The first kappa shape index (κ1) is 17.1. The minimum absolute atomic E-state index is 0.0653. The number of sulfone groups is 1. The second-order valence-corrected chi connectivity index (χ2v) is 7.77. The Morgan fingerprint density at radius 2 is 2.23 bits per heavy atom. The van der Waals surface area contributed by atoms with Crippen LogP contribution in [0, 0.1) is 5.82 Å². The smallest absolute Gasteiger partial charge is 0.173 e. The molecule has 1 atom stereocenters. The molecule has 1 aliphatic heterocycles. The van der Waals surface area contributed by atoms with Crippen molar-refractivity contribution in [1.82, 2.24) is 4.90 Å². The van der Waals surface area contributed by atoms with E-state index in [9.17, 15) is 12.8 Å². The summed E-state index contributed by atoms with van der Waals surface area (Å²) in [4.78, 5) is 1.77. The molecule has 0 spiro atoms. The maximum absolute atomic E-state index is 13.7. The molecular formula is C14H19FN2O3S2. The maximum Gasteiger partial charge on any atom is 0.173 e. The highest BCUT2D eigenvalue weighted by Gasteiger charge is 2.33. The van der Waals surface area contributed by atoms with Crippen LogP contribution in [-0.2, 0) is 14.6 Å². The zero-order valence-corrected chi connectivity index (χ0v) is 13.9. The van der Waals surface area contributed by atoms with E-state index in [2.05, 4.69) is 5.32 Å². The van der Waals surface area contributed by atoms with Crippen molar-refractivity contribution in [1.29, 1.82) is 0 Å². The molecule has 8 heteroatoms. The highest BCUT2D eigenvalue weighted by molar-refractivity contribution is 7.91. The summed E-state index contributed by atoms with van der Waals surface area (Å²) in [5.74, 6) is -0.185. The van der Waals surface area contributed by atoms with Crippen LogP contribution in [0.3, 0.4) is 0 Å². The van der Waals surface area contributed by atoms with E-state index in [4.69, 9.17) is 17.0 Å². The summed E-state index contributed by atoms with van der Waals surface area (Å²) in [6.07, 6.45) is 0.519. The monoisotopic (exact) mass is 346 g/mol. The fourth-order valence-electron chi connectivity index (χ4n) is 2.41. The zero-order chi connectivity index (χ0) is 16.2. The Labute approximate surface area is 135 Å². The van der Waals surface area contributed by atoms with Gasteiger partial charge in [0.2, 0.25) is 0 Å². The summed E-state index contributed by atoms with van der Waals surface area (Å²) in [6.45, 7) is 0.868. The van der Waals surface area contributed by atoms with Crippen molar-refractivity contribution in [3.63, 3.8) is 0 Å². The van der Waals surface area contributed by atoms with E-state index in [1.54, 1.807) is 30.2 Å². The molecular weight excluding hydrogens is 327 g/mol. The van der Waals surface area contributed by atoms with Gasteiger partial charge in [-0.2, -0.15) is 0 Å². The van der Waals surface area contributed by atoms with Gasteiger partial charge in [-0.25, -0.2) is 12.8 Å². The van der Waals surface area contributed by atoms with E-state index in [0.29, 0.717) is 24.7 Å². The molecule has 0 bridgehead atoms. The number of benzene rings is 1. The third-order valence-electron chi connectivity index (χ3n) is 3.56. The second-order valence-electron chi connectivity index (χ2n) is 5.15. The lowest BCUT2D eigenvalue weighted by Crippen LogP contribution is -2.45. The van der Waals surface area contributed by atoms with Gasteiger partial charge < -0.3 is 15.0 Å². The van der Waals surface area contributed by atoms with Crippen molar-refractivity contribution in [3.8, 4) is 0 Å². The average Bonchev–Trinajstić information content (AvgIpc) is 2.82. The van der Waals surface area contributed by atoms with E-state index in [1.807, 2.05) is 0 Å². The number of para-hydroxylation sites is 1. The molecule has 2 rings (SSSR count). The van der Waals surface area contributed by atoms with Crippen LogP contribution in [0.2, 0.25) is 0 Å². The Hall–Kier alpha value is -1.25. The number of nitrogens with one attached hydrogen (secondary N) is 1. The summed E-state index contributed by atoms with van der Waals surface area (Å²) in [6, 6.07) is 6.02. The normalized spacial score (nSPS) is 19.8. The molecule has 1 saturated heterocycles. The number of nitrogens with zero attached hydrogens (tertiary/aromatic N) is 1. The van der Waals surface area contributed by atoms with Crippen LogP contribution < -0.4 is 5.32 Å². The van der Waals surface area contributed by atoms with E-state index >= 15 is 0 Å². The molecule has 1 heterocycles. The number of rotatable bonds is 5. The van der Waals surface area contributed by atoms with Crippen LogP contribution in [0.15, 0.2) is 24.3 Å². The van der Waals surface area contributed by atoms with Gasteiger partial charge in [0.1, 0.15) is 5.82 Å². The number of anilines is 1. The first-order valence-corrected chi connectivity index (χ1v) is 9.17. The zero-order valence-electron chi connectivity index (χ0n) is 12.3. The minimum atomic E-state index is -3.02. The number of ether oxygens (including phenoxy) is 1. The molecule has 0 unspecified atom stereocenters. The molecule has 0 saturated carbocycles. The molecule has 1 aromatic rings. The standard InChI is InChI=1S/C14H19FN2O3S2/c1-20-8-7-17(11-6-9-22(18,19)10-11)14(21)16-13-5-3-2-4-12(13)15/h2-5,11H,6-10H2,1H3,(H,16,21)/t11-/m0/s1. The van der Waals surface area contributed by atoms with Crippen LogP contribution in [0.1, 0.15) is 6.42 Å². The van der Waals surface area contributed by atoms with Gasteiger partial charge in [-0.1, -0.05) is 12.1 Å². The van der Waals surface area contributed by atoms with E-state index in [-0.39, 0.29) is 23.2 Å². The summed E-state index contributed by atoms with van der Waals surface area (Å²) in [7, 11) is -1.46. The van der Waals surface area contributed by atoms with Crippen molar-refractivity contribution in [2.45, 2.75) is 12.5 Å². The highest BCUT2D eigenvalue weighted by Crippen LogP contribution is 2.20.